The van der Waals surface area contributed by atoms with E-state index in [-0.39, 0.29) is 23.1 Å². The standard InChI is InChI=1S/C10H12N2O4S/c1-6-4-8(10(13)14)12-9(11-6)7-2-3-17(15,16)5-7/h4,7H,2-3,5H2,1H3,(H,13,14). The molecule has 1 N–H and O–H groups in total. The van der Waals surface area contributed by atoms with Crippen molar-refractivity contribution >= 4 is 15.8 Å². The predicted octanol–water partition coefficient (Wildman–Crippen LogP) is 0.385. The second-order valence-corrected chi connectivity index (χ2v) is 6.39. The Morgan fingerprint density at radius 1 is 1.47 bits per heavy atom. The number of sulfone groups is 1. The second-order valence-electron chi connectivity index (χ2n) is 4.16. The quantitative estimate of drug-likeness (QED) is 0.821. The van der Waals surface area contributed by atoms with E-state index in [1.54, 1.807) is 6.92 Å². The highest BCUT2D eigenvalue weighted by atomic mass is 32.2. The third-order valence-corrected chi connectivity index (χ3v) is 4.46. The zero-order chi connectivity index (χ0) is 12.6. The summed E-state index contributed by atoms with van der Waals surface area (Å²) < 4.78 is 22.7. The average molecular weight is 256 g/mol. The van der Waals surface area contributed by atoms with E-state index in [2.05, 4.69) is 9.97 Å². The van der Waals surface area contributed by atoms with Crippen LogP contribution in [0.1, 0.15) is 34.3 Å². The molecule has 0 bridgehead atoms. The summed E-state index contributed by atoms with van der Waals surface area (Å²) in [5, 5.41) is 8.87. The van der Waals surface area contributed by atoms with Gasteiger partial charge in [0.2, 0.25) is 0 Å². The molecule has 0 aromatic carbocycles. The van der Waals surface area contributed by atoms with Gasteiger partial charge < -0.3 is 5.11 Å². The average Bonchev–Trinajstić information content (AvgIpc) is 2.58. The first-order valence-corrected chi connectivity index (χ1v) is 6.99. The number of carboxylic acids is 1. The summed E-state index contributed by atoms with van der Waals surface area (Å²) in [5.74, 6) is -0.952. The van der Waals surface area contributed by atoms with Gasteiger partial charge in [0.15, 0.2) is 15.5 Å². The van der Waals surface area contributed by atoms with Gasteiger partial charge in [0.1, 0.15) is 5.82 Å². The van der Waals surface area contributed by atoms with E-state index in [0.29, 0.717) is 17.9 Å². The van der Waals surface area contributed by atoms with Gasteiger partial charge in [-0.05, 0) is 19.4 Å². The summed E-state index contributed by atoms with van der Waals surface area (Å²) in [6.45, 7) is 1.67. The number of hydrogen-bond acceptors (Lipinski definition) is 5. The molecule has 7 heteroatoms. The Morgan fingerprint density at radius 2 is 2.18 bits per heavy atom. The summed E-state index contributed by atoms with van der Waals surface area (Å²) in [6, 6.07) is 1.37. The van der Waals surface area contributed by atoms with Crippen LogP contribution in [0.3, 0.4) is 0 Å². The maximum atomic E-state index is 11.3. The first-order chi connectivity index (χ1) is 7.87. The summed E-state index contributed by atoms with van der Waals surface area (Å²) in [4.78, 5) is 18.9. The smallest absolute Gasteiger partial charge is 0.354 e. The number of aryl methyl sites for hydroxylation is 1. The largest absolute Gasteiger partial charge is 0.477 e. The lowest BCUT2D eigenvalue weighted by Gasteiger charge is -2.07. The molecule has 6 nitrogen and oxygen atoms in total. The van der Waals surface area contributed by atoms with Crippen LogP contribution in [-0.4, -0.2) is 41.0 Å². The minimum absolute atomic E-state index is 0.00944. The van der Waals surface area contributed by atoms with Gasteiger partial charge in [0.25, 0.3) is 0 Å². The van der Waals surface area contributed by atoms with Gasteiger partial charge in [-0.2, -0.15) is 0 Å². The van der Waals surface area contributed by atoms with E-state index in [1.807, 2.05) is 0 Å². The summed E-state index contributed by atoms with van der Waals surface area (Å²) >= 11 is 0. The molecule has 0 spiro atoms. The zero-order valence-corrected chi connectivity index (χ0v) is 10.1. The molecular weight excluding hydrogens is 244 g/mol. The van der Waals surface area contributed by atoms with Gasteiger partial charge in [-0.15, -0.1) is 0 Å². The van der Waals surface area contributed by atoms with Crippen LogP contribution in [0.15, 0.2) is 6.07 Å². The highest BCUT2D eigenvalue weighted by molar-refractivity contribution is 7.91. The summed E-state index contributed by atoms with van der Waals surface area (Å²) in [7, 11) is -3.02. The van der Waals surface area contributed by atoms with Crippen LogP contribution in [0.5, 0.6) is 0 Å². The molecule has 1 aliphatic heterocycles. The van der Waals surface area contributed by atoms with E-state index in [0.717, 1.165) is 0 Å². The number of carboxylic acid groups (broad SMARTS) is 1. The fourth-order valence-corrected chi connectivity index (χ4v) is 3.62. The molecule has 2 heterocycles. The van der Waals surface area contributed by atoms with Crippen LogP contribution in [0, 0.1) is 6.92 Å². The maximum Gasteiger partial charge on any atom is 0.354 e. The molecule has 1 aliphatic rings. The Balaban J connectivity index is 2.37. The molecule has 0 saturated carbocycles. The molecule has 92 valence electrons. The van der Waals surface area contributed by atoms with Gasteiger partial charge >= 0.3 is 5.97 Å². The zero-order valence-electron chi connectivity index (χ0n) is 9.25. The van der Waals surface area contributed by atoms with Crippen molar-refractivity contribution in [3.05, 3.63) is 23.3 Å². The van der Waals surface area contributed by atoms with Crippen LogP contribution in [0.2, 0.25) is 0 Å². The van der Waals surface area contributed by atoms with Crippen molar-refractivity contribution in [1.29, 1.82) is 0 Å². The van der Waals surface area contributed by atoms with E-state index >= 15 is 0 Å². The molecule has 1 saturated heterocycles. The van der Waals surface area contributed by atoms with Crippen molar-refractivity contribution in [3.63, 3.8) is 0 Å². The van der Waals surface area contributed by atoms with E-state index in [1.165, 1.54) is 6.07 Å². The van der Waals surface area contributed by atoms with Crippen molar-refractivity contribution < 1.29 is 18.3 Å². The SMILES string of the molecule is Cc1cc(C(=O)O)nc(C2CCS(=O)(=O)C2)n1. The van der Waals surface area contributed by atoms with Crippen LogP contribution < -0.4 is 0 Å². The first kappa shape index (κ1) is 12.0. The Kier molecular flexibility index (Phi) is 2.86. The lowest BCUT2D eigenvalue weighted by atomic mass is 10.1. The molecule has 1 aromatic heterocycles. The monoisotopic (exact) mass is 256 g/mol. The fraction of sp³-hybridized carbons (Fsp3) is 0.500. The van der Waals surface area contributed by atoms with Crippen LogP contribution in [0.4, 0.5) is 0 Å². The number of aromatic nitrogens is 2. The molecule has 0 radical (unpaired) electrons. The number of aromatic carboxylic acids is 1. The topological polar surface area (TPSA) is 97.2 Å². The number of hydrogen-bond donors (Lipinski definition) is 1. The van der Waals surface area contributed by atoms with Crippen LogP contribution in [-0.2, 0) is 9.84 Å². The second kappa shape index (κ2) is 4.06. The molecule has 2 rings (SSSR count). The van der Waals surface area contributed by atoms with E-state index < -0.39 is 15.8 Å². The molecule has 0 amide bonds. The highest BCUT2D eigenvalue weighted by Crippen LogP contribution is 2.26. The summed E-state index contributed by atoms with van der Waals surface area (Å²) in [6.07, 6.45) is 0.463. The lowest BCUT2D eigenvalue weighted by Crippen LogP contribution is -2.11. The fourth-order valence-electron chi connectivity index (χ4n) is 1.88. The third-order valence-electron chi connectivity index (χ3n) is 2.69. The maximum absolute atomic E-state index is 11.3. The summed E-state index contributed by atoms with van der Waals surface area (Å²) in [5.41, 5.74) is 0.452. The number of carbonyl (C=O) groups is 1. The minimum Gasteiger partial charge on any atom is -0.477 e. The van der Waals surface area contributed by atoms with Crippen molar-refractivity contribution in [2.75, 3.05) is 11.5 Å². The predicted molar refractivity (Wildman–Crippen MR) is 59.7 cm³/mol. The van der Waals surface area contributed by atoms with Gasteiger partial charge in [0, 0.05) is 11.6 Å². The Bertz CT molecular complexity index is 568. The highest BCUT2D eigenvalue weighted by Gasteiger charge is 2.31. The minimum atomic E-state index is -3.02. The third kappa shape index (κ3) is 2.60. The number of rotatable bonds is 2. The Labute approximate surface area is 98.6 Å². The molecule has 17 heavy (non-hydrogen) atoms. The van der Waals surface area contributed by atoms with Crippen LogP contribution in [0.25, 0.3) is 0 Å². The van der Waals surface area contributed by atoms with Crippen LogP contribution >= 0.6 is 0 Å². The van der Waals surface area contributed by atoms with Crippen molar-refractivity contribution in [2.24, 2.45) is 0 Å². The lowest BCUT2D eigenvalue weighted by molar-refractivity contribution is 0.0689. The molecule has 1 aromatic rings. The molecule has 1 atom stereocenters. The Hall–Kier alpha value is -1.50. The van der Waals surface area contributed by atoms with E-state index in [4.69, 9.17) is 5.11 Å². The van der Waals surface area contributed by atoms with Gasteiger partial charge in [-0.1, -0.05) is 0 Å². The van der Waals surface area contributed by atoms with Gasteiger partial charge in [-0.3, -0.25) is 0 Å². The van der Waals surface area contributed by atoms with Crippen molar-refractivity contribution in [2.45, 2.75) is 19.3 Å². The number of nitrogens with zero attached hydrogens (tertiary/aromatic N) is 2. The van der Waals surface area contributed by atoms with E-state index in [9.17, 15) is 13.2 Å². The van der Waals surface area contributed by atoms with Crippen molar-refractivity contribution in [3.8, 4) is 0 Å². The molecule has 0 aliphatic carbocycles. The molecular formula is C10H12N2O4S. The normalized spacial score (nSPS) is 22.5. The van der Waals surface area contributed by atoms with Gasteiger partial charge in [-0.25, -0.2) is 23.2 Å². The van der Waals surface area contributed by atoms with Crippen molar-refractivity contribution in [1.82, 2.24) is 9.97 Å². The first-order valence-electron chi connectivity index (χ1n) is 5.17. The molecule has 1 unspecified atom stereocenters. The van der Waals surface area contributed by atoms with Gasteiger partial charge in [0.05, 0.1) is 11.5 Å². The molecule has 1 fully saturated rings. The Morgan fingerprint density at radius 3 is 2.71 bits per heavy atom.